The van der Waals surface area contributed by atoms with Gasteiger partial charge < -0.3 is 10.4 Å². The predicted molar refractivity (Wildman–Crippen MR) is 53.5 cm³/mol. The molecule has 1 atom stereocenters. The van der Waals surface area contributed by atoms with Crippen LogP contribution in [-0.4, -0.2) is 18.1 Å². The summed E-state index contributed by atoms with van der Waals surface area (Å²) in [5, 5.41) is 12.2. The second kappa shape index (κ2) is 3.42. The lowest BCUT2D eigenvalue weighted by Crippen LogP contribution is -2.16. The Kier molecular flexibility index (Phi) is 2.25. The van der Waals surface area contributed by atoms with Crippen LogP contribution in [-0.2, 0) is 6.42 Å². The first-order chi connectivity index (χ1) is 6.74. The van der Waals surface area contributed by atoms with E-state index in [1.54, 1.807) is 6.07 Å². The molecule has 0 heterocycles. The van der Waals surface area contributed by atoms with Crippen LogP contribution in [0.2, 0.25) is 0 Å². The fraction of sp³-hybridized carbons (Fsp3) is 0.364. The van der Waals surface area contributed by atoms with Crippen LogP contribution in [0.15, 0.2) is 18.2 Å². The van der Waals surface area contributed by atoms with Gasteiger partial charge in [0, 0.05) is 6.04 Å². The molecule has 74 valence electrons. The zero-order valence-electron chi connectivity index (χ0n) is 8.08. The lowest BCUT2D eigenvalue weighted by Gasteiger charge is -2.12. The molecule has 14 heavy (non-hydrogen) atoms. The first kappa shape index (κ1) is 9.21. The van der Waals surface area contributed by atoms with Crippen molar-refractivity contribution in [3.8, 4) is 0 Å². The van der Waals surface area contributed by atoms with Gasteiger partial charge in [-0.3, -0.25) is 0 Å². The van der Waals surface area contributed by atoms with Gasteiger partial charge in [0.1, 0.15) is 0 Å². The molecule has 0 bridgehead atoms. The minimum atomic E-state index is -0.830. The molecule has 1 aromatic rings. The minimum Gasteiger partial charge on any atom is -0.478 e. The summed E-state index contributed by atoms with van der Waals surface area (Å²) in [6.07, 6.45) is 1.97. The fourth-order valence-corrected chi connectivity index (χ4v) is 2.16. The topological polar surface area (TPSA) is 49.3 Å². The molecule has 0 aromatic heterocycles. The molecule has 0 fully saturated rings. The number of rotatable bonds is 2. The van der Waals surface area contributed by atoms with E-state index in [9.17, 15) is 4.79 Å². The van der Waals surface area contributed by atoms with E-state index in [0.717, 1.165) is 18.4 Å². The van der Waals surface area contributed by atoms with Crippen LogP contribution >= 0.6 is 0 Å². The summed E-state index contributed by atoms with van der Waals surface area (Å²) in [5.74, 6) is -0.830. The first-order valence-corrected chi connectivity index (χ1v) is 4.76. The summed E-state index contributed by atoms with van der Waals surface area (Å²) in [6, 6.07) is 5.72. The van der Waals surface area contributed by atoms with Crippen LogP contribution in [0.5, 0.6) is 0 Å². The number of hydrogen-bond acceptors (Lipinski definition) is 2. The van der Waals surface area contributed by atoms with Gasteiger partial charge in [-0.05, 0) is 37.1 Å². The summed E-state index contributed by atoms with van der Waals surface area (Å²) in [4.78, 5) is 11.0. The van der Waals surface area contributed by atoms with Gasteiger partial charge in [0.05, 0.1) is 5.56 Å². The van der Waals surface area contributed by atoms with E-state index in [1.165, 1.54) is 5.56 Å². The Balaban J connectivity index is 2.54. The molecule has 3 heteroatoms. The SMILES string of the molecule is CNC1CCc2cccc(C(=O)O)c21. The fourth-order valence-electron chi connectivity index (χ4n) is 2.16. The van der Waals surface area contributed by atoms with Crippen molar-refractivity contribution >= 4 is 5.97 Å². The number of carboxylic acids is 1. The lowest BCUT2D eigenvalue weighted by molar-refractivity contribution is 0.0695. The van der Waals surface area contributed by atoms with Crippen molar-refractivity contribution < 1.29 is 9.90 Å². The monoisotopic (exact) mass is 191 g/mol. The Morgan fingerprint density at radius 1 is 1.57 bits per heavy atom. The smallest absolute Gasteiger partial charge is 0.336 e. The number of carbonyl (C=O) groups is 1. The molecule has 1 aliphatic carbocycles. The van der Waals surface area contributed by atoms with Crippen LogP contribution in [0.25, 0.3) is 0 Å². The Morgan fingerprint density at radius 3 is 3.00 bits per heavy atom. The summed E-state index contributed by atoms with van der Waals surface area (Å²) in [7, 11) is 1.87. The zero-order valence-corrected chi connectivity index (χ0v) is 8.08. The Hall–Kier alpha value is -1.35. The van der Waals surface area contributed by atoms with Gasteiger partial charge in [0.15, 0.2) is 0 Å². The molecule has 0 saturated heterocycles. The Morgan fingerprint density at radius 2 is 2.36 bits per heavy atom. The molecule has 0 spiro atoms. The number of fused-ring (bicyclic) bond motifs is 1. The summed E-state index contributed by atoms with van der Waals surface area (Å²) in [6.45, 7) is 0. The zero-order chi connectivity index (χ0) is 10.1. The molecule has 3 nitrogen and oxygen atoms in total. The Bertz CT molecular complexity index is 374. The van der Waals surface area contributed by atoms with Crippen molar-refractivity contribution in [1.29, 1.82) is 0 Å². The van der Waals surface area contributed by atoms with E-state index in [-0.39, 0.29) is 6.04 Å². The van der Waals surface area contributed by atoms with Crippen molar-refractivity contribution in [2.24, 2.45) is 0 Å². The Labute approximate surface area is 82.8 Å². The third-order valence-corrected chi connectivity index (χ3v) is 2.83. The van der Waals surface area contributed by atoms with E-state index in [1.807, 2.05) is 19.2 Å². The van der Waals surface area contributed by atoms with E-state index in [0.29, 0.717) is 5.56 Å². The number of benzene rings is 1. The minimum absolute atomic E-state index is 0.206. The quantitative estimate of drug-likeness (QED) is 0.746. The van der Waals surface area contributed by atoms with E-state index < -0.39 is 5.97 Å². The molecule has 0 saturated carbocycles. The van der Waals surface area contributed by atoms with E-state index >= 15 is 0 Å². The van der Waals surface area contributed by atoms with Crippen LogP contribution in [0.4, 0.5) is 0 Å². The third-order valence-electron chi connectivity index (χ3n) is 2.83. The standard InChI is InChI=1S/C11H13NO2/c1-12-9-6-5-7-3-2-4-8(10(7)9)11(13)14/h2-4,9,12H,5-6H2,1H3,(H,13,14). The predicted octanol–water partition coefficient (Wildman–Crippen LogP) is 1.59. The maximum Gasteiger partial charge on any atom is 0.336 e. The molecule has 1 unspecified atom stereocenters. The van der Waals surface area contributed by atoms with Crippen LogP contribution in [0, 0.1) is 0 Å². The van der Waals surface area contributed by atoms with E-state index in [4.69, 9.17) is 5.11 Å². The maximum atomic E-state index is 11.0. The van der Waals surface area contributed by atoms with Crippen LogP contribution < -0.4 is 5.32 Å². The van der Waals surface area contributed by atoms with Gasteiger partial charge in [-0.1, -0.05) is 12.1 Å². The van der Waals surface area contributed by atoms with Gasteiger partial charge in [0.2, 0.25) is 0 Å². The highest BCUT2D eigenvalue weighted by molar-refractivity contribution is 5.90. The second-order valence-corrected chi connectivity index (χ2v) is 3.56. The molecule has 2 rings (SSSR count). The van der Waals surface area contributed by atoms with Crippen LogP contribution in [0.1, 0.15) is 33.9 Å². The van der Waals surface area contributed by atoms with Crippen molar-refractivity contribution in [3.63, 3.8) is 0 Å². The number of nitrogens with one attached hydrogen (secondary N) is 1. The summed E-state index contributed by atoms with van der Waals surface area (Å²) in [5.41, 5.74) is 2.59. The van der Waals surface area contributed by atoms with Crippen molar-refractivity contribution in [2.75, 3.05) is 7.05 Å². The number of aryl methyl sites for hydroxylation is 1. The maximum absolute atomic E-state index is 11.0. The van der Waals surface area contributed by atoms with Crippen molar-refractivity contribution in [2.45, 2.75) is 18.9 Å². The number of carboxylic acid groups (broad SMARTS) is 1. The average Bonchev–Trinajstić information content (AvgIpc) is 2.59. The molecule has 0 radical (unpaired) electrons. The molecular weight excluding hydrogens is 178 g/mol. The summed E-state index contributed by atoms with van der Waals surface area (Å²) < 4.78 is 0. The van der Waals surface area contributed by atoms with Gasteiger partial charge in [-0.25, -0.2) is 4.79 Å². The highest BCUT2D eigenvalue weighted by Gasteiger charge is 2.25. The highest BCUT2D eigenvalue weighted by Crippen LogP contribution is 2.33. The van der Waals surface area contributed by atoms with Gasteiger partial charge >= 0.3 is 5.97 Å². The molecule has 0 aliphatic heterocycles. The lowest BCUT2D eigenvalue weighted by atomic mass is 10.0. The van der Waals surface area contributed by atoms with Crippen LogP contribution in [0.3, 0.4) is 0 Å². The van der Waals surface area contributed by atoms with Gasteiger partial charge in [0.25, 0.3) is 0 Å². The molecular formula is C11H13NO2. The second-order valence-electron chi connectivity index (χ2n) is 3.56. The van der Waals surface area contributed by atoms with Gasteiger partial charge in [-0.2, -0.15) is 0 Å². The highest BCUT2D eigenvalue weighted by atomic mass is 16.4. The van der Waals surface area contributed by atoms with Crippen molar-refractivity contribution in [3.05, 3.63) is 34.9 Å². The third kappa shape index (κ3) is 1.30. The van der Waals surface area contributed by atoms with E-state index in [2.05, 4.69) is 5.32 Å². The number of aromatic carboxylic acids is 1. The van der Waals surface area contributed by atoms with Crippen molar-refractivity contribution in [1.82, 2.24) is 5.32 Å². The molecule has 2 N–H and O–H groups in total. The normalized spacial score (nSPS) is 19.4. The van der Waals surface area contributed by atoms with Gasteiger partial charge in [-0.15, -0.1) is 0 Å². The molecule has 0 amide bonds. The molecule has 1 aromatic carbocycles. The summed E-state index contributed by atoms with van der Waals surface area (Å²) >= 11 is 0. The number of hydrogen-bond donors (Lipinski definition) is 2. The molecule has 1 aliphatic rings. The first-order valence-electron chi connectivity index (χ1n) is 4.76. The average molecular weight is 191 g/mol. The largest absolute Gasteiger partial charge is 0.478 e.